The quantitative estimate of drug-likeness (QED) is 0.0508. The Balaban J connectivity index is 0.715. The molecule has 0 spiro atoms. The number of hydrogen-bond acceptors (Lipinski definition) is 15. The minimum atomic E-state index is -0.911. The monoisotopic (exact) mass is 1060 g/mol. The van der Waals surface area contributed by atoms with E-state index in [1.807, 2.05) is 87.5 Å². The number of nitrogen functional groups attached to an aromatic ring is 1. The number of nitrogens with one attached hydrogen (secondary N) is 2. The zero-order chi connectivity index (χ0) is 53.9. The number of amides is 4. The van der Waals surface area contributed by atoms with Crippen molar-refractivity contribution in [3.8, 4) is 38.9 Å². The lowest BCUT2D eigenvalue weighted by Gasteiger charge is -2.35. The maximum atomic E-state index is 14.2. The van der Waals surface area contributed by atoms with Crippen LogP contribution in [0.25, 0.3) is 21.7 Å². The van der Waals surface area contributed by atoms with Crippen LogP contribution < -0.4 is 30.7 Å². The molecule has 18 nitrogen and oxygen atoms in total. The number of nitrogens with zero attached hydrogens (tertiary/aromatic N) is 7. The molecule has 5 atom stereocenters. The van der Waals surface area contributed by atoms with Crippen LogP contribution in [0.4, 0.5) is 11.5 Å². The number of carbonyl (C=O) groups excluding carboxylic acids is 4. The van der Waals surface area contributed by atoms with Crippen molar-refractivity contribution in [2.45, 2.75) is 116 Å². The summed E-state index contributed by atoms with van der Waals surface area (Å²) in [5.41, 5.74) is 12.3. The number of rotatable bonds is 20. The van der Waals surface area contributed by atoms with Gasteiger partial charge in [-0.3, -0.25) is 24.1 Å². The van der Waals surface area contributed by atoms with Crippen molar-refractivity contribution in [1.82, 2.24) is 40.5 Å². The average molecular weight is 1060 g/mol. The van der Waals surface area contributed by atoms with Gasteiger partial charge in [0.25, 0.3) is 0 Å². The molecule has 6 N–H and O–H groups in total. The minimum Gasteiger partial charge on any atom is -0.507 e. The lowest BCUT2D eigenvalue weighted by molar-refractivity contribution is -0.144. The largest absolute Gasteiger partial charge is 0.507 e. The van der Waals surface area contributed by atoms with Crippen molar-refractivity contribution in [2.75, 3.05) is 69.6 Å². The Morgan fingerprint density at radius 3 is 2.39 bits per heavy atom. The smallest absolute Gasteiger partial charge is 0.246 e. The predicted molar refractivity (Wildman–Crippen MR) is 294 cm³/mol. The Bertz CT molecular complexity index is 2780. The first-order chi connectivity index (χ1) is 36.5. The summed E-state index contributed by atoms with van der Waals surface area (Å²) in [5.74, 6) is 0.612. The number of piperidine rings is 1. The predicted octanol–water partition coefficient (Wildman–Crippen LogP) is 6.75. The van der Waals surface area contributed by atoms with Crippen LogP contribution in [0, 0.1) is 12.3 Å². The van der Waals surface area contributed by atoms with E-state index in [-0.39, 0.29) is 60.8 Å². The first kappa shape index (κ1) is 55.4. The van der Waals surface area contributed by atoms with Gasteiger partial charge in [0.1, 0.15) is 42.0 Å². The number of carbonyl (C=O) groups is 4. The van der Waals surface area contributed by atoms with Crippen molar-refractivity contribution in [1.29, 1.82) is 0 Å². The zero-order valence-electron chi connectivity index (χ0n) is 44.5. The molecule has 19 heteroatoms. The third-order valence-corrected chi connectivity index (χ3v) is 15.6. The number of nitrogens with two attached hydrogens (primary N) is 1. The van der Waals surface area contributed by atoms with E-state index in [2.05, 4.69) is 47.7 Å². The van der Waals surface area contributed by atoms with E-state index < -0.39 is 29.5 Å². The molecule has 0 saturated carbocycles. The molecule has 5 unspecified atom stereocenters. The van der Waals surface area contributed by atoms with Crippen molar-refractivity contribution in [2.24, 2.45) is 5.41 Å². The normalized spacial score (nSPS) is 19.0. The van der Waals surface area contributed by atoms with Crippen LogP contribution in [-0.4, -0.2) is 147 Å². The van der Waals surface area contributed by atoms with Gasteiger partial charge >= 0.3 is 0 Å². The molecule has 406 valence electrons. The lowest BCUT2D eigenvalue weighted by Crippen LogP contribution is -2.57. The molecule has 76 heavy (non-hydrogen) atoms. The van der Waals surface area contributed by atoms with E-state index in [1.165, 1.54) is 4.90 Å². The third kappa shape index (κ3) is 14.3. The van der Waals surface area contributed by atoms with Gasteiger partial charge in [0.15, 0.2) is 11.6 Å². The van der Waals surface area contributed by atoms with Crippen molar-refractivity contribution >= 4 is 46.5 Å². The molecule has 0 bridgehead atoms. The number of aromatic nitrogens is 3. The number of likely N-dealkylation sites (tertiary alicyclic amines) is 1. The Labute approximate surface area is 450 Å². The molecular weight excluding hydrogens is 985 g/mol. The Morgan fingerprint density at radius 1 is 0.895 bits per heavy atom. The number of thiazole rings is 1. The SMILES string of the molecule is Cc1ncsc1-c1ccc(C(C)NC(=O)C2CC(O)CN2C(=O)C(NC(=O)CCCCCC(=O)N2CCN(CCOc3cccc(N4CCCC(Oc5cc(-c6ccccc6O)nnc5N)C4)c3)CC2)C(C)(C)C)cc1. The highest BCUT2D eigenvalue weighted by Gasteiger charge is 2.45. The summed E-state index contributed by atoms with van der Waals surface area (Å²) >= 11 is 1.58. The molecule has 0 radical (unpaired) electrons. The number of para-hydroxylation sites is 1. The summed E-state index contributed by atoms with van der Waals surface area (Å²) in [6, 6.07) is 22.6. The van der Waals surface area contributed by atoms with Gasteiger partial charge in [-0.1, -0.05) is 69.7 Å². The highest BCUT2D eigenvalue weighted by molar-refractivity contribution is 7.13. The molecule has 5 heterocycles. The topological polar surface area (TPSA) is 229 Å². The second-order valence-corrected chi connectivity index (χ2v) is 22.2. The number of benzene rings is 3. The van der Waals surface area contributed by atoms with E-state index in [0.29, 0.717) is 68.9 Å². The number of hydrogen-bond donors (Lipinski definition) is 5. The van der Waals surface area contributed by atoms with Crippen LogP contribution in [0.2, 0.25) is 0 Å². The van der Waals surface area contributed by atoms with Gasteiger partial charge in [-0.15, -0.1) is 21.5 Å². The molecule has 3 fully saturated rings. The number of aliphatic hydroxyl groups is 1. The highest BCUT2D eigenvalue weighted by Crippen LogP contribution is 2.34. The van der Waals surface area contributed by atoms with Gasteiger partial charge < -0.3 is 50.8 Å². The average Bonchev–Trinajstić information content (AvgIpc) is 4.05. The van der Waals surface area contributed by atoms with Crippen LogP contribution in [0.5, 0.6) is 17.2 Å². The van der Waals surface area contributed by atoms with E-state index in [9.17, 15) is 29.4 Å². The first-order valence-corrected chi connectivity index (χ1v) is 27.5. The highest BCUT2D eigenvalue weighted by atomic mass is 32.1. The zero-order valence-corrected chi connectivity index (χ0v) is 45.3. The van der Waals surface area contributed by atoms with Crippen molar-refractivity contribution < 1.29 is 38.9 Å². The van der Waals surface area contributed by atoms with Crippen molar-refractivity contribution in [3.05, 3.63) is 95.6 Å². The van der Waals surface area contributed by atoms with Crippen LogP contribution in [0.1, 0.15) is 96.4 Å². The molecule has 3 aliphatic heterocycles. The number of anilines is 2. The molecule has 8 rings (SSSR count). The summed E-state index contributed by atoms with van der Waals surface area (Å²) in [5, 5.41) is 35.3. The van der Waals surface area contributed by atoms with E-state index in [1.54, 1.807) is 35.6 Å². The molecule has 3 aliphatic rings. The van der Waals surface area contributed by atoms with Gasteiger partial charge in [0.05, 0.1) is 34.8 Å². The van der Waals surface area contributed by atoms with Gasteiger partial charge in [-0.25, -0.2) is 4.98 Å². The van der Waals surface area contributed by atoms with Crippen LogP contribution in [0.15, 0.2) is 84.4 Å². The Hall–Kier alpha value is -6.83. The summed E-state index contributed by atoms with van der Waals surface area (Å²) < 4.78 is 12.6. The fourth-order valence-electron chi connectivity index (χ4n) is 10.2. The number of piperazine rings is 1. The number of ether oxygens (including phenoxy) is 2. The number of phenolic OH excluding ortho intramolecular Hbond substituents is 1. The summed E-state index contributed by atoms with van der Waals surface area (Å²) in [7, 11) is 0. The van der Waals surface area contributed by atoms with E-state index >= 15 is 0 Å². The Morgan fingerprint density at radius 2 is 1.66 bits per heavy atom. The molecule has 0 aliphatic carbocycles. The first-order valence-electron chi connectivity index (χ1n) is 26.7. The summed E-state index contributed by atoms with van der Waals surface area (Å²) in [4.78, 5) is 67.8. The third-order valence-electron chi connectivity index (χ3n) is 14.6. The minimum absolute atomic E-state index is 0.00109. The number of unbranched alkanes of at least 4 members (excludes halogenated alkanes) is 2. The fraction of sp³-hybridized carbons (Fsp3) is 0.491. The number of aliphatic hydroxyl groups excluding tert-OH is 1. The van der Waals surface area contributed by atoms with Gasteiger partial charge in [0.2, 0.25) is 23.6 Å². The second-order valence-electron chi connectivity index (χ2n) is 21.3. The van der Waals surface area contributed by atoms with Gasteiger partial charge in [-0.05, 0) is 80.3 Å². The van der Waals surface area contributed by atoms with Crippen molar-refractivity contribution in [3.63, 3.8) is 0 Å². The maximum absolute atomic E-state index is 14.2. The number of phenols is 1. The number of aromatic hydroxyl groups is 1. The molecule has 5 aromatic rings. The van der Waals surface area contributed by atoms with E-state index in [4.69, 9.17) is 15.2 Å². The van der Waals surface area contributed by atoms with Gasteiger partial charge in [-0.2, -0.15) is 0 Å². The van der Waals surface area contributed by atoms with Crippen LogP contribution in [-0.2, 0) is 19.2 Å². The maximum Gasteiger partial charge on any atom is 0.246 e. The van der Waals surface area contributed by atoms with Crippen LogP contribution >= 0.6 is 11.3 Å². The number of aryl methyl sites for hydroxylation is 1. The Kier molecular flexibility index (Phi) is 18.5. The molecule has 3 saturated heterocycles. The van der Waals surface area contributed by atoms with E-state index in [0.717, 1.165) is 72.2 Å². The molecule has 2 aromatic heterocycles. The van der Waals surface area contributed by atoms with Gasteiger partial charge in [0, 0.05) is 88.5 Å². The van der Waals surface area contributed by atoms with Crippen LogP contribution in [0.3, 0.4) is 0 Å². The lowest BCUT2D eigenvalue weighted by atomic mass is 9.85. The molecule has 4 amide bonds. The fourth-order valence-corrected chi connectivity index (χ4v) is 11.0. The second kappa shape index (κ2) is 25.3. The summed E-state index contributed by atoms with van der Waals surface area (Å²) in [6.07, 6.45) is 3.41. The molecular formula is C57H74N10O8S. The standard InChI is InChI=1S/C57H74N10O8S/c1-37(39-20-22-40(23-21-39)52-38(2)59-36-76-52)60-55(72)47-32-42(68)34-67(47)56(73)53(57(3,4)5)61-50(70)18-7-6-8-19-51(71)65-27-25-64(26-28-65)29-30-74-43-14-11-13-41(31-43)66-24-12-15-44(35-66)75-49-33-46(62-63-54(49)58)45-16-9-10-17-48(45)69/h9-11,13-14,16-17,20-23,31,33,36-37,42,44,47,53,68-69H,6-8,12,15,18-19,24-30,32,34-35H2,1-5H3,(H2,58,63)(H,60,72)(H,61,70). The summed E-state index contributed by atoms with van der Waals surface area (Å²) in [6.45, 7) is 15.1. The molecule has 3 aromatic carbocycles. The number of β-amino-alcohol motifs (C(OH)–C–C–N with tert-alkyl or cyclic N) is 1.